The fraction of sp³-hybridized carbons (Fsp3) is 0.278. The number of amides is 2. The highest BCUT2D eigenvalue weighted by atomic mass is 35.5. The Kier molecular flexibility index (Phi) is 6.49. The third kappa shape index (κ3) is 4.43. The van der Waals surface area contributed by atoms with E-state index < -0.39 is 12.6 Å². The number of esters is 1. The molecule has 1 aromatic carbocycles. The van der Waals surface area contributed by atoms with E-state index in [4.69, 9.17) is 44.0 Å². The molecule has 0 aliphatic carbocycles. The Hall–Kier alpha value is -2.22. The van der Waals surface area contributed by atoms with E-state index in [1.807, 2.05) is 0 Å². The number of halogens is 3. The standard InChI is InChI=1S/C18H15Cl3N2O5/c19-11-3-4-12(20)16(21)15(11)18(26)28-10-14(24)22-5-7-23(8-6-22)17(25)13-2-1-9-27-13/h1-4,9H,5-8,10H2. The summed E-state index contributed by atoms with van der Waals surface area (Å²) in [4.78, 5) is 39.9. The lowest BCUT2D eigenvalue weighted by atomic mass is 10.2. The van der Waals surface area contributed by atoms with E-state index in [1.165, 1.54) is 23.3 Å². The molecule has 0 saturated carbocycles. The molecule has 28 heavy (non-hydrogen) atoms. The highest BCUT2D eigenvalue weighted by Crippen LogP contribution is 2.31. The molecule has 0 bridgehead atoms. The maximum absolute atomic E-state index is 12.3. The zero-order valence-corrected chi connectivity index (χ0v) is 16.8. The molecule has 0 radical (unpaired) electrons. The van der Waals surface area contributed by atoms with Gasteiger partial charge in [0, 0.05) is 26.2 Å². The molecule has 2 aromatic rings. The number of rotatable bonds is 4. The van der Waals surface area contributed by atoms with Crippen molar-refractivity contribution < 1.29 is 23.5 Å². The summed E-state index contributed by atoms with van der Waals surface area (Å²) in [6.07, 6.45) is 1.43. The minimum Gasteiger partial charge on any atom is -0.459 e. The van der Waals surface area contributed by atoms with Gasteiger partial charge in [0.05, 0.1) is 26.9 Å². The molecule has 0 N–H and O–H groups in total. The molecule has 2 heterocycles. The number of furan rings is 1. The van der Waals surface area contributed by atoms with Crippen LogP contribution in [0.15, 0.2) is 34.9 Å². The molecule has 0 atom stereocenters. The lowest BCUT2D eigenvalue weighted by Crippen LogP contribution is -2.51. The van der Waals surface area contributed by atoms with Crippen molar-refractivity contribution in [2.24, 2.45) is 0 Å². The topological polar surface area (TPSA) is 80.1 Å². The van der Waals surface area contributed by atoms with Crippen LogP contribution in [-0.2, 0) is 9.53 Å². The summed E-state index contributed by atoms with van der Waals surface area (Å²) in [5.41, 5.74) is -0.0857. The molecule has 1 saturated heterocycles. The van der Waals surface area contributed by atoms with Crippen LogP contribution in [0.25, 0.3) is 0 Å². The second-order valence-electron chi connectivity index (χ2n) is 5.94. The molecule has 10 heteroatoms. The van der Waals surface area contributed by atoms with Crippen LogP contribution in [0.5, 0.6) is 0 Å². The second kappa shape index (κ2) is 8.86. The van der Waals surface area contributed by atoms with E-state index in [-0.39, 0.29) is 38.2 Å². The minimum atomic E-state index is -0.836. The predicted octanol–water partition coefficient (Wildman–Crippen LogP) is 3.38. The molecular formula is C18H15Cl3N2O5. The zero-order valence-electron chi connectivity index (χ0n) is 14.5. The first-order valence-corrected chi connectivity index (χ1v) is 9.43. The fourth-order valence-corrected chi connectivity index (χ4v) is 3.40. The van der Waals surface area contributed by atoms with Gasteiger partial charge in [0.1, 0.15) is 0 Å². The summed E-state index contributed by atoms with van der Waals surface area (Å²) in [5, 5.41) is 0.204. The Bertz CT molecular complexity index is 893. The number of hydrogen-bond donors (Lipinski definition) is 0. The number of carbonyl (C=O) groups excluding carboxylic acids is 3. The van der Waals surface area contributed by atoms with Crippen molar-refractivity contribution in [3.8, 4) is 0 Å². The van der Waals surface area contributed by atoms with Crippen LogP contribution in [0.2, 0.25) is 15.1 Å². The molecule has 7 nitrogen and oxygen atoms in total. The van der Waals surface area contributed by atoms with Gasteiger partial charge >= 0.3 is 5.97 Å². The average molecular weight is 446 g/mol. The van der Waals surface area contributed by atoms with Crippen LogP contribution in [0.3, 0.4) is 0 Å². The molecule has 1 aliphatic rings. The SMILES string of the molecule is O=C(OCC(=O)N1CCN(C(=O)c2ccco2)CC1)c1c(Cl)ccc(Cl)c1Cl. The lowest BCUT2D eigenvalue weighted by Gasteiger charge is -2.34. The van der Waals surface area contributed by atoms with E-state index in [9.17, 15) is 14.4 Å². The van der Waals surface area contributed by atoms with Crippen LogP contribution in [0.1, 0.15) is 20.9 Å². The van der Waals surface area contributed by atoms with E-state index >= 15 is 0 Å². The first-order valence-electron chi connectivity index (χ1n) is 8.29. The third-order valence-electron chi connectivity index (χ3n) is 4.23. The molecule has 3 rings (SSSR count). The largest absolute Gasteiger partial charge is 0.459 e. The van der Waals surface area contributed by atoms with Crippen molar-refractivity contribution in [3.63, 3.8) is 0 Å². The minimum absolute atomic E-state index is 0.0309. The Morgan fingerprint density at radius 3 is 2.25 bits per heavy atom. The van der Waals surface area contributed by atoms with Crippen LogP contribution in [0, 0.1) is 0 Å². The van der Waals surface area contributed by atoms with Gasteiger partial charge in [-0.3, -0.25) is 9.59 Å². The summed E-state index contributed by atoms with van der Waals surface area (Å²) in [7, 11) is 0. The van der Waals surface area contributed by atoms with Gasteiger partial charge in [-0.1, -0.05) is 34.8 Å². The Labute approximate surface area is 175 Å². The maximum atomic E-state index is 12.3. The van der Waals surface area contributed by atoms with Gasteiger partial charge in [0.25, 0.3) is 11.8 Å². The van der Waals surface area contributed by atoms with Crippen LogP contribution in [0.4, 0.5) is 0 Å². The number of nitrogens with zero attached hydrogens (tertiary/aromatic N) is 2. The predicted molar refractivity (Wildman–Crippen MR) is 103 cm³/mol. The fourth-order valence-electron chi connectivity index (χ4n) is 2.72. The smallest absolute Gasteiger partial charge is 0.341 e. The van der Waals surface area contributed by atoms with E-state index in [1.54, 1.807) is 17.0 Å². The monoisotopic (exact) mass is 444 g/mol. The van der Waals surface area contributed by atoms with Crippen LogP contribution in [-0.4, -0.2) is 60.4 Å². The van der Waals surface area contributed by atoms with Crippen molar-refractivity contribution in [2.45, 2.75) is 0 Å². The highest BCUT2D eigenvalue weighted by Gasteiger charge is 2.27. The molecule has 1 aromatic heterocycles. The third-order valence-corrected chi connectivity index (χ3v) is 5.35. The summed E-state index contributed by atoms with van der Waals surface area (Å²) >= 11 is 17.8. The molecule has 1 fully saturated rings. The Morgan fingerprint density at radius 1 is 0.964 bits per heavy atom. The van der Waals surface area contributed by atoms with Gasteiger partial charge in [-0.05, 0) is 24.3 Å². The molecule has 0 spiro atoms. The summed E-state index contributed by atoms with van der Waals surface area (Å²) in [6.45, 7) is 0.878. The summed E-state index contributed by atoms with van der Waals surface area (Å²) in [6, 6.07) is 6.10. The number of benzene rings is 1. The van der Waals surface area contributed by atoms with Gasteiger partial charge in [0.2, 0.25) is 0 Å². The van der Waals surface area contributed by atoms with Crippen molar-refractivity contribution in [1.82, 2.24) is 9.80 Å². The Balaban J connectivity index is 1.52. The van der Waals surface area contributed by atoms with Crippen molar-refractivity contribution in [3.05, 3.63) is 56.9 Å². The zero-order chi connectivity index (χ0) is 20.3. The summed E-state index contributed by atoms with van der Waals surface area (Å²) < 4.78 is 10.1. The van der Waals surface area contributed by atoms with Gasteiger partial charge in [-0.15, -0.1) is 0 Å². The lowest BCUT2D eigenvalue weighted by molar-refractivity contribution is -0.136. The number of ether oxygens (including phenoxy) is 1. The van der Waals surface area contributed by atoms with Crippen molar-refractivity contribution in [2.75, 3.05) is 32.8 Å². The van der Waals surface area contributed by atoms with Crippen molar-refractivity contribution in [1.29, 1.82) is 0 Å². The molecule has 2 amide bonds. The highest BCUT2D eigenvalue weighted by molar-refractivity contribution is 6.46. The van der Waals surface area contributed by atoms with Crippen LogP contribution >= 0.6 is 34.8 Å². The molecule has 148 valence electrons. The van der Waals surface area contributed by atoms with Crippen LogP contribution < -0.4 is 0 Å². The average Bonchev–Trinajstić information content (AvgIpc) is 3.23. The van der Waals surface area contributed by atoms with E-state index in [2.05, 4.69) is 0 Å². The number of piperazine rings is 1. The van der Waals surface area contributed by atoms with E-state index in [0.717, 1.165) is 0 Å². The number of hydrogen-bond acceptors (Lipinski definition) is 5. The maximum Gasteiger partial charge on any atom is 0.341 e. The van der Waals surface area contributed by atoms with Gasteiger partial charge in [0.15, 0.2) is 12.4 Å². The van der Waals surface area contributed by atoms with E-state index in [0.29, 0.717) is 26.2 Å². The Morgan fingerprint density at radius 2 is 1.61 bits per heavy atom. The molecular weight excluding hydrogens is 431 g/mol. The first-order chi connectivity index (χ1) is 13.4. The first kappa shape index (κ1) is 20.5. The number of carbonyl (C=O) groups is 3. The normalized spacial score (nSPS) is 14.1. The van der Waals surface area contributed by atoms with Gasteiger partial charge < -0.3 is 19.0 Å². The second-order valence-corrected chi connectivity index (χ2v) is 7.14. The quantitative estimate of drug-likeness (QED) is 0.532. The van der Waals surface area contributed by atoms with Gasteiger partial charge in [-0.25, -0.2) is 4.79 Å². The van der Waals surface area contributed by atoms with Crippen molar-refractivity contribution >= 4 is 52.6 Å². The summed E-state index contributed by atoms with van der Waals surface area (Å²) in [5.74, 6) is -1.19. The molecule has 1 aliphatic heterocycles. The molecule has 0 unspecified atom stereocenters. The van der Waals surface area contributed by atoms with Gasteiger partial charge in [-0.2, -0.15) is 0 Å².